The van der Waals surface area contributed by atoms with Crippen molar-refractivity contribution in [2.45, 2.75) is 17.9 Å². The molecule has 2 rings (SSSR count). The van der Waals surface area contributed by atoms with E-state index in [4.69, 9.17) is 4.55 Å². The first-order valence-corrected chi connectivity index (χ1v) is 9.02. The Balaban J connectivity index is 2.39. The first-order chi connectivity index (χ1) is 13.1. The number of phenolic OH excluding ortho intramolecular Hbond substituents is 1. The number of nitroso groups, excluding NO2 is 1. The Labute approximate surface area is 158 Å². The molecule has 1 amide bonds. The molecular weight excluding hydrogens is 392 g/mol. The van der Waals surface area contributed by atoms with Crippen LogP contribution in [0.4, 0.5) is 17.1 Å². The van der Waals surface area contributed by atoms with Crippen LogP contribution in [0.1, 0.15) is 6.92 Å². The van der Waals surface area contributed by atoms with Gasteiger partial charge in [0.15, 0.2) is 11.5 Å². The number of azo groups is 1. The van der Waals surface area contributed by atoms with E-state index in [0.29, 0.717) is 11.8 Å². The number of aromatic hydroxyl groups is 1. The molecule has 0 aliphatic carbocycles. The third-order valence-corrected chi connectivity index (χ3v) is 4.25. The van der Waals surface area contributed by atoms with Crippen LogP contribution in [0.3, 0.4) is 0 Å². The lowest BCUT2D eigenvalue weighted by Crippen LogP contribution is -2.31. The summed E-state index contributed by atoms with van der Waals surface area (Å²) in [5.41, 5.74) is -0.659. The van der Waals surface area contributed by atoms with Gasteiger partial charge in [-0.2, -0.15) is 18.6 Å². The number of carbonyl (C=O) groups excluding carboxylic acids is 2. The van der Waals surface area contributed by atoms with E-state index in [1.54, 1.807) is 30.3 Å². The summed E-state index contributed by atoms with van der Waals surface area (Å²) in [4.78, 5) is 33.7. The van der Waals surface area contributed by atoms with Crippen LogP contribution in [0.2, 0.25) is 0 Å². The van der Waals surface area contributed by atoms with Crippen LogP contribution in [0.5, 0.6) is 5.75 Å². The molecule has 0 spiro atoms. The number of ketones is 1. The molecule has 146 valence electrons. The first kappa shape index (κ1) is 20.8. The van der Waals surface area contributed by atoms with Crippen LogP contribution >= 0.6 is 0 Å². The van der Waals surface area contributed by atoms with Crippen LogP contribution in [0, 0.1) is 4.91 Å². The molecule has 0 fully saturated rings. The molecule has 11 nitrogen and oxygen atoms in total. The second-order valence-electron chi connectivity index (χ2n) is 5.46. The fourth-order valence-electron chi connectivity index (χ4n) is 2.07. The molecule has 28 heavy (non-hydrogen) atoms. The zero-order valence-corrected chi connectivity index (χ0v) is 15.1. The molecule has 2 aromatic rings. The number of anilines is 1. The Hall–Kier alpha value is -3.51. The van der Waals surface area contributed by atoms with Crippen molar-refractivity contribution < 1.29 is 27.7 Å². The Morgan fingerprint density at radius 2 is 1.79 bits per heavy atom. The third-order valence-electron chi connectivity index (χ3n) is 3.38. The average molecular weight is 406 g/mol. The van der Waals surface area contributed by atoms with Crippen LogP contribution in [-0.4, -0.2) is 35.8 Å². The summed E-state index contributed by atoms with van der Waals surface area (Å²) in [5.74, 6) is -2.53. The largest absolute Gasteiger partial charge is 0.504 e. The minimum absolute atomic E-state index is 0.401. The standard InChI is InChI=1S/C16H14N4O7S/c1-9(21)14(16(23)17-10-5-3-2-4-6-10)19-18-12-7-11(20-24)8-13(15(12)22)28(25,26)27/h2-8,14,22H,1H3,(H,17,23)(H,25,26,27). The SMILES string of the molecule is CC(=O)C(N=Nc1cc(N=O)cc(S(=O)(=O)O)c1O)C(=O)Nc1ccccc1. The minimum atomic E-state index is -4.90. The summed E-state index contributed by atoms with van der Waals surface area (Å²) in [7, 11) is -4.90. The number of amides is 1. The highest BCUT2D eigenvalue weighted by Gasteiger charge is 2.25. The van der Waals surface area contributed by atoms with Crippen molar-refractivity contribution >= 4 is 38.9 Å². The number of rotatable bonds is 7. The van der Waals surface area contributed by atoms with Gasteiger partial charge in [-0.3, -0.25) is 14.1 Å². The fraction of sp³-hybridized carbons (Fsp3) is 0.125. The predicted octanol–water partition coefficient (Wildman–Crippen LogP) is 2.72. The van der Waals surface area contributed by atoms with E-state index in [1.165, 1.54) is 0 Å². The van der Waals surface area contributed by atoms with Crippen molar-refractivity contribution in [3.05, 3.63) is 47.4 Å². The first-order valence-electron chi connectivity index (χ1n) is 7.58. The van der Waals surface area contributed by atoms with Gasteiger partial charge in [0.25, 0.3) is 16.0 Å². The molecule has 12 heteroatoms. The lowest BCUT2D eigenvalue weighted by molar-refractivity contribution is -0.126. The maximum Gasteiger partial charge on any atom is 0.298 e. The molecule has 1 atom stereocenters. The number of nitrogens with one attached hydrogen (secondary N) is 1. The van der Waals surface area contributed by atoms with E-state index >= 15 is 0 Å². The number of hydrogen-bond donors (Lipinski definition) is 3. The van der Waals surface area contributed by atoms with Crippen molar-refractivity contribution in [2.75, 3.05) is 5.32 Å². The smallest absolute Gasteiger partial charge is 0.298 e. The number of nitrogens with zero attached hydrogens (tertiary/aromatic N) is 3. The molecule has 0 saturated heterocycles. The van der Waals surface area contributed by atoms with Gasteiger partial charge in [-0.1, -0.05) is 18.2 Å². The van der Waals surface area contributed by atoms with Gasteiger partial charge in [-0.05, 0) is 36.4 Å². The summed E-state index contributed by atoms with van der Waals surface area (Å²) < 4.78 is 31.7. The zero-order chi connectivity index (χ0) is 20.9. The summed E-state index contributed by atoms with van der Waals surface area (Å²) in [6.45, 7) is 1.08. The Kier molecular flexibility index (Phi) is 6.28. The number of Topliss-reactive ketones (excluding diaryl/α,β-unsaturated/α-hetero) is 1. The van der Waals surface area contributed by atoms with Gasteiger partial charge in [0.2, 0.25) is 6.04 Å². The van der Waals surface area contributed by atoms with Gasteiger partial charge in [-0.15, -0.1) is 4.91 Å². The fourth-order valence-corrected chi connectivity index (χ4v) is 2.69. The summed E-state index contributed by atoms with van der Waals surface area (Å²) in [6, 6.07) is 8.09. The van der Waals surface area contributed by atoms with E-state index in [9.17, 15) is 28.0 Å². The average Bonchev–Trinajstić information content (AvgIpc) is 2.62. The third kappa shape index (κ3) is 5.02. The van der Waals surface area contributed by atoms with Gasteiger partial charge < -0.3 is 10.4 Å². The number of carbonyl (C=O) groups is 2. The Morgan fingerprint density at radius 3 is 2.32 bits per heavy atom. The molecule has 2 aromatic carbocycles. The maximum absolute atomic E-state index is 12.3. The van der Waals surface area contributed by atoms with E-state index in [0.717, 1.165) is 13.0 Å². The zero-order valence-electron chi connectivity index (χ0n) is 14.3. The van der Waals surface area contributed by atoms with Crippen LogP contribution in [0.25, 0.3) is 0 Å². The molecular formula is C16H14N4O7S. The summed E-state index contributed by atoms with van der Waals surface area (Å²) in [6.07, 6.45) is 0. The molecule has 0 saturated carbocycles. The maximum atomic E-state index is 12.3. The highest BCUT2D eigenvalue weighted by atomic mass is 32.2. The predicted molar refractivity (Wildman–Crippen MR) is 97.4 cm³/mol. The number of hydrogen-bond acceptors (Lipinski definition) is 9. The number of para-hydroxylation sites is 1. The molecule has 3 N–H and O–H groups in total. The van der Waals surface area contributed by atoms with Crippen molar-refractivity contribution in [3.63, 3.8) is 0 Å². The quantitative estimate of drug-likeness (QED) is 0.274. The topological polar surface area (TPSA) is 175 Å². The molecule has 0 aromatic heterocycles. The Bertz CT molecular complexity index is 1050. The van der Waals surface area contributed by atoms with E-state index in [1.807, 2.05) is 0 Å². The molecule has 0 bridgehead atoms. The van der Waals surface area contributed by atoms with Crippen molar-refractivity contribution in [1.82, 2.24) is 0 Å². The lowest BCUT2D eigenvalue weighted by atomic mass is 10.2. The van der Waals surface area contributed by atoms with Gasteiger partial charge >= 0.3 is 0 Å². The van der Waals surface area contributed by atoms with Crippen molar-refractivity contribution in [1.29, 1.82) is 0 Å². The summed E-state index contributed by atoms with van der Waals surface area (Å²) >= 11 is 0. The van der Waals surface area contributed by atoms with Crippen LogP contribution in [0.15, 0.2) is 62.8 Å². The lowest BCUT2D eigenvalue weighted by Gasteiger charge is -2.10. The van der Waals surface area contributed by atoms with E-state index in [-0.39, 0.29) is 0 Å². The van der Waals surface area contributed by atoms with Gasteiger partial charge in [0.1, 0.15) is 16.3 Å². The van der Waals surface area contributed by atoms with E-state index in [2.05, 4.69) is 20.7 Å². The van der Waals surface area contributed by atoms with Crippen molar-refractivity contribution in [3.8, 4) is 5.75 Å². The highest BCUT2D eigenvalue weighted by Crippen LogP contribution is 2.38. The molecule has 1 unspecified atom stereocenters. The monoisotopic (exact) mass is 406 g/mol. The molecule has 0 heterocycles. The minimum Gasteiger partial charge on any atom is -0.504 e. The second kappa shape index (κ2) is 8.45. The normalized spacial score (nSPS) is 12.5. The van der Waals surface area contributed by atoms with Crippen LogP contribution < -0.4 is 5.32 Å². The molecule has 0 aliphatic heterocycles. The summed E-state index contributed by atoms with van der Waals surface area (Å²) in [5, 5.41) is 21.9. The number of benzene rings is 2. The molecule has 0 aliphatic rings. The van der Waals surface area contributed by atoms with Gasteiger partial charge in [-0.25, -0.2) is 0 Å². The van der Waals surface area contributed by atoms with Crippen LogP contribution in [-0.2, 0) is 19.7 Å². The van der Waals surface area contributed by atoms with Gasteiger partial charge in [0.05, 0.1) is 0 Å². The molecule has 0 radical (unpaired) electrons. The van der Waals surface area contributed by atoms with E-state index < -0.39 is 49.9 Å². The van der Waals surface area contributed by atoms with Gasteiger partial charge in [0, 0.05) is 5.69 Å². The van der Waals surface area contributed by atoms with Crippen molar-refractivity contribution in [2.24, 2.45) is 15.4 Å². The number of phenols is 1. The highest BCUT2D eigenvalue weighted by molar-refractivity contribution is 7.86. The Morgan fingerprint density at radius 1 is 1.14 bits per heavy atom. The second-order valence-corrected chi connectivity index (χ2v) is 6.85.